The largest absolute Gasteiger partial charge is 0.495 e. The van der Waals surface area contributed by atoms with Gasteiger partial charge in [-0.2, -0.15) is 5.26 Å². The van der Waals surface area contributed by atoms with E-state index in [-0.39, 0.29) is 18.4 Å². The molecule has 0 spiro atoms. The summed E-state index contributed by atoms with van der Waals surface area (Å²) in [4.78, 5) is 25.7. The van der Waals surface area contributed by atoms with Crippen molar-refractivity contribution in [2.45, 2.75) is 13.8 Å². The fourth-order valence-electron chi connectivity index (χ4n) is 2.38. The van der Waals surface area contributed by atoms with Crippen molar-refractivity contribution in [3.8, 4) is 11.8 Å². The summed E-state index contributed by atoms with van der Waals surface area (Å²) in [5, 5.41) is 11.8. The Kier molecular flexibility index (Phi) is 5.75. The van der Waals surface area contributed by atoms with Crippen LogP contribution in [0.3, 0.4) is 0 Å². The zero-order valence-electron chi connectivity index (χ0n) is 14.4. The van der Waals surface area contributed by atoms with Gasteiger partial charge >= 0.3 is 0 Å². The maximum Gasteiger partial charge on any atom is 0.244 e. The molecule has 0 saturated heterocycles. The molecule has 0 aliphatic rings. The number of carbonyl (C=O) groups is 2. The summed E-state index contributed by atoms with van der Waals surface area (Å²) in [6.45, 7) is 3.12. The summed E-state index contributed by atoms with van der Waals surface area (Å²) in [5.41, 5.74) is 2.44. The van der Waals surface area contributed by atoms with Gasteiger partial charge in [-0.05, 0) is 42.8 Å². The van der Waals surface area contributed by atoms with Crippen LogP contribution in [0.2, 0.25) is 0 Å². The Hall–Kier alpha value is -3.33. The molecule has 0 bridgehead atoms. The Morgan fingerprint density at radius 1 is 1.24 bits per heavy atom. The van der Waals surface area contributed by atoms with E-state index in [0.717, 1.165) is 5.56 Å². The van der Waals surface area contributed by atoms with Crippen LogP contribution in [0.4, 0.5) is 11.4 Å². The van der Waals surface area contributed by atoms with Crippen LogP contribution in [-0.2, 0) is 9.59 Å². The highest BCUT2D eigenvalue weighted by atomic mass is 16.5. The molecule has 1 N–H and O–H groups in total. The quantitative estimate of drug-likeness (QED) is 0.909. The number of rotatable bonds is 5. The van der Waals surface area contributed by atoms with Crippen LogP contribution in [-0.4, -0.2) is 25.5 Å². The zero-order chi connectivity index (χ0) is 18.4. The molecule has 2 rings (SSSR count). The number of nitrogens with zero attached hydrogens (tertiary/aromatic N) is 2. The number of methoxy groups -OCH3 is 1. The number of anilines is 2. The third kappa shape index (κ3) is 4.58. The van der Waals surface area contributed by atoms with Crippen LogP contribution >= 0.6 is 0 Å². The third-order valence-corrected chi connectivity index (χ3v) is 3.60. The first-order valence-corrected chi connectivity index (χ1v) is 7.67. The summed E-state index contributed by atoms with van der Waals surface area (Å²) in [5.74, 6) is -0.109. The van der Waals surface area contributed by atoms with Crippen molar-refractivity contribution < 1.29 is 14.3 Å². The predicted molar refractivity (Wildman–Crippen MR) is 95.5 cm³/mol. The van der Waals surface area contributed by atoms with E-state index in [1.165, 1.54) is 18.9 Å². The summed E-state index contributed by atoms with van der Waals surface area (Å²) < 4.78 is 5.24. The smallest absolute Gasteiger partial charge is 0.244 e. The zero-order valence-corrected chi connectivity index (χ0v) is 14.4. The van der Waals surface area contributed by atoms with E-state index in [1.807, 2.05) is 19.1 Å². The Balaban J connectivity index is 2.20. The van der Waals surface area contributed by atoms with E-state index in [1.54, 1.807) is 36.4 Å². The lowest BCUT2D eigenvalue weighted by Crippen LogP contribution is -2.36. The maximum atomic E-state index is 12.4. The van der Waals surface area contributed by atoms with Crippen LogP contribution in [0.15, 0.2) is 42.5 Å². The number of hydrogen-bond acceptors (Lipinski definition) is 4. The van der Waals surface area contributed by atoms with Gasteiger partial charge in [-0.15, -0.1) is 0 Å². The number of amides is 2. The first-order chi connectivity index (χ1) is 11.9. The van der Waals surface area contributed by atoms with Crippen molar-refractivity contribution in [1.82, 2.24) is 0 Å². The SMILES string of the molecule is COc1ccc(C)cc1NC(=O)CN(C(C)=O)c1cccc(C#N)c1. The molecule has 0 saturated carbocycles. The van der Waals surface area contributed by atoms with Gasteiger partial charge in [0.05, 0.1) is 24.4 Å². The summed E-state index contributed by atoms with van der Waals surface area (Å²) >= 11 is 0. The molecule has 0 aromatic heterocycles. The molecule has 2 amide bonds. The van der Waals surface area contributed by atoms with Crippen LogP contribution in [0.25, 0.3) is 0 Å². The lowest BCUT2D eigenvalue weighted by Gasteiger charge is -2.21. The first-order valence-electron chi connectivity index (χ1n) is 7.67. The van der Waals surface area contributed by atoms with Crippen molar-refractivity contribution >= 4 is 23.2 Å². The highest BCUT2D eigenvalue weighted by Gasteiger charge is 2.17. The van der Waals surface area contributed by atoms with Crippen molar-refractivity contribution in [2.75, 3.05) is 23.9 Å². The minimum Gasteiger partial charge on any atom is -0.495 e. The molecule has 0 aliphatic heterocycles. The molecule has 0 radical (unpaired) electrons. The van der Waals surface area contributed by atoms with Gasteiger partial charge in [0.1, 0.15) is 12.3 Å². The average Bonchev–Trinajstić information content (AvgIpc) is 2.59. The van der Waals surface area contributed by atoms with Crippen LogP contribution in [0, 0.1) is 18.3 Å². The average molecular weight is 337 g/mol. The van der Waals surface area contributed by atoms with E-state index < -0.39 is 0 Å². The third-order valence-electron chi connectivity index (χ3n) is 3.60. The molecule has 25 heavy (non-hydrogen) atoms. The second kappa shape index (κ2) is 7.97. The van der Waals surface area contributed by atoms with Crippen molar-refractivity contribution in [3.63, 3.8) is 0 Å². The van der Waals surface area contributed by atoms with Gasteiger partial charge in [0, 0.05) is 12.6 Å². The molecule has 2 aromatic rings. The van der Waals surface area contributed by atoms with E-state index >= 15 is 0 Å². The van der Waals surface area contributed by atoms with Gasteiger partial charge in [-0.3, -0.25) is 9.59 Å². The van der Waals surface area contributed by atoms with Gasteiger partial charge in [-0.1, -0.05) is 12.1 Å². The Morgan fingerprint density at radius 3 is 2.64 bits per heavy atom. The second-order valence-electron chi connectivity index (χ2n) is 5.52. The van der Waals surface area contributed by atoms with Crippen LogP contribution < -0.4 is 15.0 Å². The number of ether oxygens (including phenoxy) is 1. The molecule has 128 valence electrons. The fraction of sp³-hybridized carbons (Fsp3) is 0.211. The Labute approximate surface area is 146 Å². The van der Waals surface area contributed by atoms with Gasteiger partial charge in [0.15, 0.2) is 0 Å². The fourth-order valence-corrected chi connectivity index (χ4v) is 2.38. The molecule has 0 fully saturated rings. The minimum atomic E-state index is -0.360. The standard InChI is InChI=1S/C19H19N3O3/c1-13-7-8-18(25-3)17(9-13)21-19(24)12-22(14(2)23)16-6-4-5-15(10-16)11-20/h4-10H,12H2,1-3H3,(H,21,24). The molecule has 2 aromatic carbocycles. The van der Waals surface area contributed by atoms with E-state index in [9.17, 15) is 9.59 Å². The number of benzene rings is 2. The number of aryl methyl sites for hydroxylation is 1. The number of hydrogen-bond donors (Lipinski definition) is 1. The molecule has 0 heterocycles. The molecule has 0 unspecified atom stereocenters. The molecule has 6 heteroatoms. The van der Waals surface area contributed by atoms with Gasteiger partial charge in [0.2, 0.25) is 11.8 Å². The molecule has 0 atom stereocenters. The van der Waals surface area contributed by atoms with Gasteiger partial charge in [0.25, 0.3) is 0 Å². The van der Waals surface area contributed by atoms with Gasteiger partial charge in [-0.25, -0.2) is 0 Å². The number of nitriles is 1. The Morgan fingerprint density at radius 2 is 2.00 bits per heavy atom. The highest BCUT2D eigenvalue weighted by Crippen LogP contribution is 2.25. The van der Waals surface area contributed by atoms with Crippen LogP contribution in [0.5, 0.6) is 5.75 Å². The second-order valence-corrected chi connectivity index (χ2v) is 5.52. The summed E-state index contributed by atoms with van der Waals surface area (Å²) in [6, 6.07) is 14.0. The predicted octanol–water partition coefficient (Wildman–Crippen LogP) is 2.87. The van der Waals surface area contributed by atoms with E-state index in [0.29, 0.717) is 22.7 Å². The highest BCUT2D eigenvalue weighted by molar-refractivity contribution is 6.02. The number of nitrogens with one attached hydrogen (secondary N) is 1. The van der Waals surface area contributed by atoms with Crippen molar-refractivity contribution in [3.05, 3.63) is 53.6 Å². The lowest BCUT2D eigenvalue weighted by molar-refractivity contribution is -0.120. The van der Waals surface area contributed by atoms with Crippen molar-refractivity contribution in [2.24, 2.45) is 0 Å². The topological polar surface area (TPSA) is 82.4 Å². The maximum absolute atomic E-state index is 12.4. The van der Waals surface area contributed by atoms with E-state index in [4.69, 9.17) is 10.00 Å². The molecule has 0 aliphatic carbocycles. The lowest BCUT2D eigenvalue weighted by atomic mass is 10.2. The minimum absolute atomic E-state index is 0.165. The van der Waals surface area contributed by atoms with Crippen molar-refractivity contribution in [1.29, 1.82) is 5.26 Å². The van der Waals surface area contributed by atoms with Crippen LogP contribution in [0.1, 0.15) is 18.1 Å². The Bertz CT molecular complexity index is 840. The summed E-state index contributed by atoms with van der Waals surface area (Å²) in [6.07, 6.45) is 0. The van der Waals surface area contributed by atoms with Gasteiger partial charge < -0.3 is 15.0 Å². The molecular weight excluding hydrogens is 318 g/mol. The number of carbonyl (C=O) groups excluding carboxylic acids is 2. The monoisotopic (exact) mass is 337 g/mol. The van der Waals surface area contributed by atoms with E-state index in [2.05, 4.69) is 5.32 Å². The molecular formula is C19H19N3O3. The molecule has 6 nitrogen and oxygen atoms in total. The normalized spacial score (nSPS) is 9.84. The summed E-state index contributed by atoms with van der Waals surface area (Å²) in [7, 11) is 1.52. The first kappa shape index (κ1) is 18.0.